The number of hydrogen-bond donors (Lipinski definition) is 2. The molecule has 0 fully saturated rings. The van der Waals surface area contributed by atoms with Gasteiger partial charge in [-0.2, -0.15) is 5.26 Å². The molecule has 0 aromatic heterocycles. The molecule has 0 aliphatic heterocycles. The average molecular weight is 278 g/mol. The van der Waals surface area contributed by atoms with E-state index >= 15 is 0 Å². The van der Waals surface area contributed by atoms with Gasteiger partial charge in [0, 0.05) is 12.1 Å². The fourth-order valence-corrected chi connectivity index (χ4v) is 1.63. The largest absolute Gasteiger partial charge is 0.481 e. The lowest BCUT2D eigenvalue weighted by Crippen LogP contribution is -2.54. The van der Waals surface area contributed by atoms with Crippen LogP contribution in [0.2, 0.25) is 0 Å². The van der Waals surface area contributed by atoms with Crippen molar-refractivity contribution in [1.82, 2.24) is 5.32 Å². The lowest BCUT2D eigenvalue weighted by Gasteiger charge is -2.39. The number of nitrogens with one attached hydrogen (secondary N) is 1. The number of carboxylic acid groups (broad SMARTS) is 1. The van der Waals surface area contributed by atoms with E-state index in [1.165, 1.54) is 6.07 Å². The zero-order chi connectivity index (χ0) is 15.6. The van der Waals surface area contributed by atoms with Crippen molar-refractivity contribution in [3.8, 4) is 6.07 Å². The van der Waals surface area contributed by atoms with Crippen LogP contribution in [-0.4, -0.2) is 16.6 Å². The predicted octanol–water partition coefficient (Wildman–Crippen LogP) is 2.68. The van der Waals surface area contributed by atoms with E-state index in [1.807, 2.05) is 6.07 Å². The normalized spacial score (nSPS) is 12.0. The van der Waals surface area contributed by atoms with Crippen molar-refractivity contribution in [2.24, 2.45) is 5.41 Å². The highest BCUT2D eigenvalue weighted by atomic mass is 19.1. The summed E-state index contributed by atoms with van der Waals surface area (Å²) >= 11 is 0. The maximum atomic E-state index is 13.3. The maximum Gasteiger partial charge on any atom is 0.310 e. The summed E-state index contributed by atoms with van der Waals surface area (Å²) in [5, 5.41) is 21.2. The minimum Gasteiger partial charge on any atom is -0.481 e. The lowest BCUT2D eigenvalue weighted by molar-refractivity contribution is -0.151. The fourth-order valence-electron chi connectivity index (χ4n) is 1.63. The molecule has 4 nitrogen and oxygen atoms in total. The Kier molecular flexibility index (Phi) is 4.51. The molecule has 108 valence electrons. The molecule has 1 aromatic carbocycles. The monoisotopic (exact) mass is 278 g/mol. The first-order chi connectivity index (χ1) is 9.10. The molecule has 2 N–H and O–H groups in total. The molecule has 0 atom stereocenters. The molecule has 5 heteroatoms. The molecule has 0 amide bonds. The van der Waals surface area contributed by atoms with Crippen LogP contribution in [0, 0.1) is 22.6 Å². The molecular formula is C15H19FN2O2. The summed E-state index contributed by atoms with van der Waals surface area (Å²) in [6.07, 6.45) is 0. The Hall–Kier alpha value is -1.93. The molecule has 0 saturated heterocycles. The molecule has 20 heavy (non-hydrogen) atoms. The van der Waals surface area contributed by atoms with Gasteiger partial charge in [-0.3, -0.25) is 4.79 Å². The van der Waals surface area contributed by atoms with Crippen LogP contribution in [0.25, 0.3) is 0 Å². The van der Waals surface area contributed by atoms with E-state index in [4.69, 9.17) is 5.26 Å². The predicted molar refractivity (Wildman–Crippen MR) is 73.5 cm³/mol. The van der Waals surface area contributed by atoms with Gasteiger partial charge in [0.1, 0.15) is 5.82 Å². The first-order valence-electron chi connectivity index (χ1n) is 6.28. The van der Waals surface area contributed by atoms with Crippen molar-refractivity contribution in [3.63, 3.8) is 0 Å². The number of nitriles is 1. The topological polar surface area (TPSA) is 73.1 Å². The number of aliphatic carboxylic acids is 1. The highest BCUT2D eigenvalue weighted by molar-refractivity contribution is 5.75. The third kappa shape index (κ3) is 3.34. The number of hydrogen-bond acceptors (Lipinski definition) is 3. The van der Waals surface area contributed by atoms with Gasteiger partial charge in [-0.05, 0) is 51.5 Å². The number of benzene rings is 1. The Balaban J connectivity index is 2.89. The second-order valence-corrected chi connectivity index (χ2v) is 5.87. The zero-order valence-corrected chi connectivity index (χ0v) is 12.1. The van der Waals surface area contributed by atoms with Gasteiger partial charge in [-0.25, -0.2) is 4.39 Å². The molecule has 0 aliphatic rings. The van der Waals surface area contributed by atoms with E-state index in [-0.39, 0.29) is 12.1 Å². The molecule has 0 spiro atoms. The summed E-state index contributed by atoms with van der Waals surface area (Å²) in [4.78, 5) is 11.3. The van der Waals surface area contributed by atoms with E-state index in [0.29, 0.717) is 5.56 Å². The minimum atomic E-state index is -0.988. The molecule has 1 rings (SSSR count). The number of rotatable bonds is 5. The van der Waals surface area contributed by atoms with Gasteiger partial charge in [0.25, 0.3) is 0 Å². The van der Waals surface area contributed by atoms with Gasteiger partial charge in [0.05, 0.1) is 17.0 Å². The SMILES string of the molecule is CC(C)(NCc1cc(F)cc(C#N)c1)C(C)(C)C(=O)O. The zero-order valence-electron chi connectivity index (χ0n) is 12.1. The van der Waals surface area contributed by atoms with Crippen molar-refractivity contribution in [1.29, 1.82) is 5.26 Å². The number of nitrogens with zero attached hydrogens (tertiary/aromatic N) is 1. The van der Waals surface area contributed by atoms with E-state index in [2.05, 4.69) is 5.32 Å². The van der Waals surface area contributed by atoms with Crippen molar-refractivity contribution in [3.05, 3.63) is 35.1 Å². The van der Waals surface area contributed by atoms with Crippen molar-refractivity contribution >= 4 is 5.97 Å². The third-order valence-electron chi connectivity index (χ3n) is 3.92. The van der Waals surface area contributed by atoms with E-state index in [0.717, 1.165) is 6.07 Å². The Labute approximate surface area is 118 Å². The Morgan fingerprint density at radius 3 is 2.45 bits per heavy atom. The molecule has 0 saturated carbocycles. The molecule has 0 bridgehead atoms. The van der Waals surface area contributed by atoms with Gasteiger partial charge in [0.2, 0.25) is 0 Å². The second kappa shape index (κ2) is 5.59. The standard InChI is InChI=1S/C15H19FN2O2/c1-14(2,13(19)20)15(3,4)18-9-11-5-10(8-17)6-12(16)7-11/h5-7,18H,9H2,1-4H3,(H,19,20). The van der Waals surface area contributed by atoms with Crippen LogP contribution in [0.5, 0.6) is 0 Å². The van der Waals surface area contributed by atoms with Crippen LogP contribution < -0.4 is 5.32 Å². The summed E-state index contributed by atoms with van der Waals surface area (Å²) in [5.41, 5.74) is -0.830. The average Bonchev–Trinajstić information content (AvgIpc) is 2.35. The summed E-state index contributed by atoms with van der Waals surface area (Å²) < 4.78 is 13.3. The van der Waals surface area contributed by atoms with Crippen LogP contribution in [0.1, 0.15) is 38.8 Å². The molecule has 0 radical (unpaired) electrons. The highest BCUT2D eigenvalue weighted by Crippen LogP contribution is 2.31. The number of halogens is 1. The summed E-state index contributed by atoms with van der Waals surface area (Å²) in [6, 6.07) is 5.97. The second-order valence-electron chi connectivity index (χ2n) is 5.87. The summed E-state index contributed by atoms with van der Waals surface area (Å²) in [7, 11) is 0. The van der Waals surface area contributed by atoms with E-state index in [1.54, 1.807) is 33.8 Å². The van der Waals surface area contributed by atoms with Crippen LogP contribution in [0.3, 0.4) is 0 Å². The van der Waals surface area contributed by atoms with Gasteiger partial charge in [0.15, 0.2) is 0 Å². The Bertz CT molecular complexity index is 559. The van der Waals surface area contributed by atoms with Gasteiger partial charge in [-0.15, -0.1) is 0 Å². The summed E-state index contributed by atoms with van der Waals surface area (Å²) in [6.45, 7) is 7.12. The molecule has 1 aromatic rings. The molecular weight excluding hydrogens is 259 g/mol. The van der Waals surface area contributed by atoms with Crippen LogP contribution in [0.15, 0.2) is 18.2 Å². The molecule has 0 aliphatic carbocycles. The Morgan fingerprint density at radius 1 is 1.35 bits per heavy atom. The van der Waals surface area contributed by atoms with Crippen LogP contribution in [-0.2, 0) is 11.3 Å². The van der Waals surface area contributed by atoms with Crippen LogP contribution in [0.4, 0.5) is 4.39 Å². The smallest absolute Gasteiger partial charge is 0.310 e. The summed E-state index contributed by atoms with van der Waals surface area (Å²) in [5.74, 6) is -1.39. The van der Waals surface area contributed by atoms with Gasteiger partial charge < -0.3 is 10.4 Å². The van der Waals surface area contributed by atoms with Crippen molar-refractivity contribution < 1.29 is 14.3 Å². The van der Waals surface area contributed by atoms with E-state index < -0.39 is 22.7 Å². The van der Waals surface area contributed by atoms with Crippen LogP contribution >= 0.6 is 0 Å². The first-order valence-corrected chi connectivity index (χ1v) is 6.28. The third-order valence-corrected chi connectivity index (χ3v) is 3.92. The first kappa shape index (κ1) is 16.1. The molecule has 0 unspecified atom stereocenters. The highest BCUT2D eigenvalue weighted by Gasteiger charge is 2.42. The minimum absolute atomic E-state index is 0.247. The quantitative estimate of drug-likeness (QED) is 0.868. The van der Waals surface area contributed by atoms with Crippen molar-refractivity contribution in [2.45, 2.75) is 39.8 Å². The fraction of sp³-hybridized carbons (Fsp3) is 0.467. The van der Waals surface area contributed by atoms with Gasteiger partial charge in [-0.1, -0.05) is 0 Å². The maximum absolute atomic E-state index is 13.3. The van der Waals surface area contributed by atoms with Crippen molar-refractivity contribution in [2.75, 3.05) is 0 Å². The number of carboxylic acids is 1. The number of carbonyl (C=O) groups is 1. The van der Waals surface area contributed by atoms with E-state index in [9.17, 15) is 14.3 Å². The van der Waals surface area contributed by atoms with Gasteiger partial charge >= 0.3 is 5.97 Å². The lowest BCUT2D eigenvalue weighted by atomic mass is 9.74. The molecule has 0 heterocycles. The Morgan fingerprint density at radius 2 is 1.95 bits per heavy atom.